The summed E-state index contributed by atoms with van der Waals surface area (Å²) in [7, 11) is 1.58. The Balaban J connectivity index is 0.000000921. The number of halogens is 1. The van der Waals surface area contributed by atoms with Gasteiger partial charge in [-0.2, -0.15) is 5.10 Å². The molecule has 0 radical (unpaired) electrons. The van der Waals surface area contributed by atoms with Crippen LogP contribution in [-0.4, -0.2) is 20.9 Å². The van der Waals surface area contributed by atoms with Crippen LogP contribution in [0.15, 0.2) is 23.0 Å². The number of nitrogens with two attached hydrogens (primary N) is 1. The Labute approximate surface area is 88.0 Å². The second-order valence-electron chi connectivity index (χ2n) is 2.65. The van der Waals surface area contributed by atoms with Crippen molar-refractivity contribution in [3.63, 3.8) is 0 Å². The molecular formula is C9H17FN4O. The summed E-state index contributed by atoms with van der Waals surface area (Å²) in [4.78, 5) is 11.2. The Kier molecular flexibility index (Phi) is 6.28. The van der Waals surface area contributed by atoms with Crippen molar-refractivity contribution in [1.29, 1.82) is 0 Å². The predicted octanol–water partition coefficient (Wildman–Crippen LogP) is 0.420. The zero-order valence-corrected chi connectivity index (χ0v) is 9.27. The maximum atomic E-state index is 12.1. The number of rotatable bonds is 3. The fourth-order valence-corrected chi connectivity index (χ4v) is 0.865. The van der Waals surface area contributed by atoms with Gasteiger partial charge in [-0.25, -0.2) is 13.9 Å². The van der Waals surface area contributed by atoms with E-state index in [1.54, 1.807) is 7.05 Å². The summed E-state index contributed by atoms with van der Waals surface area (Å²) in [6.45, 7) is 4.19. The van der Waals surface area contributed by atoms with Crippen LogP contribution in [0, 0.1) is 0 Å². The largest absolute Gasteiger partial charge is 0.345 e. The highest BCUT2D eigenvalue weighted by Gasteiger charge is 2.03. The fraction of sp³-hybridized carbons (Fsp3) is 0.556. The van der Waals surface area contributed by atoms with Gasteiger partial charge in [0.05, 0.1) is 12.9 Å². The molecule has 0 aliphatic rings. The Morgan fingerprint density at radius 3 is 2.60 bits per heavy atom. The first-order valence-electron chi connectivity index (χ1n) is 4.75. The third-order valence-corrected chi connectivity index (χ3v) is 1.66. The van der Waals surface area contributed by atoms with Crippen molar-refractivity contribution in [3.05, 3.63) is 28.7 Å². The van der Waals surface area contributed by atoms with Crippen LogP contribution in [0.2, 0.25) is 0 Å². The van der Waals surface area contributed by atoms with Gasteiger partial charge in [-0.1, -0.05) is 13.8 Å². The first-order valence-corrected chi connectivity index (χ1v) is 4.75. The average molecular weight is 216 g/mol. The quantitative estimate of drug-likeness (QED) is 0.796. The van der Waals surface area contributed by atoms with E-state index in [1.807, 2.05) is 13.8 Å². The lowest BCUT2D eigenvalue weighted by atomic mass is 10.3. The van der Waals surface area contributed by atoms with Crippen molar-refractivity contribution < 1.29 is 4.39 Å². The van der Waals surface area contributed by atoms with E-state index in [9.17, 15) is 9.18 Å². The Morgan fingerprint density at radius 2 is 2.27 bits per heavy atom. The van der Waals surface area contributed by atoms with Crippen LogP contribution >= 0.6 is 0 Å². The molecule has 0 saturated carbocycles. The Hall–Kier alpha value is -1.43. The molecule has 0 fully saturated rings. The summed E-state index contributed by atoms with van der Waals surface area (Å²) in [5.41, 5.74) is 5.28. The molecule has 0 amide bonds. The van der Waals surface area contributed by atoms with Gasteiger partial charge >= 0.3 is 5.69 Å². The summed E-state index contributed by atoms with van der Waals surface area (Å²) >= 11 is 0. The summed E-state index contributed by atoms with van der Waals surface area (Å²) in [5.74, 6) is 0. The summed E-state index contributed by atoms with van der Waals surface area (Å²) in [6.07, 6.45) is 1.77. The highest BCUT2D eigenvalue weighted by atomic mass is 19.1. The molecule has 0 atom stereocenters. The van der Waals surface area contributed by atoms with E-state index in [2.05, 4.69) is 5.10 Å². The smallest absolute Gasteiger partial charge is 0.327 e. The number of hydrogen-bond donors (Lipinski definition) is 1. The zero-order valence-electron chi connectivity index (χ0n) is 9.27. The van der Waals surface area contributed by atoms with Crippen molar-refractivity contribution in [1.82, 2.24) is 14.3 Å². The maximum Gasteiger partial charge on any atom is 0.345 e. The summed E-state index contributed by atoms with van der Waals surface area (Å²) in [6, 6.07) is 0. The molecule has 0 aromatic carbocycles. The molecular weight excluding hydrogens is 199 g/mol. The molecule has 0 spiro atoms. The van der Waals surface area contributed by atoms with E-state index < -0.39 is 0 Å². The van der Waals surface area contributed by atoms with Crippen molar-refractivity contribution >= 4 is 0 Å². The molecule has 0 aliphatic heterocycles. The first kappa shape index (κ1) is 13.6. The molecule has 1 heterocycles. The van der Waals surface area contributed by atoms with Gasteiger partial charge < -0.3 is 5.73 Å². The fourth-order valence-electron chi connectivity index (χ4n) is 0.865. The summed E-state index contributed by atoms with van der Waals surface area (Å²) < 4.78 is 14.6. The number of nitrogens with zero attached hydrogens (tertiary/aromatic N) is 3. The minimum absolute atomic E-state index is 0.0829. The van der Waals surface area contributed by atoms with Gasteiger partial charge in [0.1, 0.15) is 6.33 Å². The molecule has 1 aromatic rings. The van der Waals surface area contributed by atoms with Gasteiger partial charge in [0, 0.05) is 13.6 Å². The molecule has 2 N–H and O–H groups in total. The van der Waals surface area contributed by atoms with Crippen LogP contribution in [0.25, 0.3) is 0 Å². The molecule has 6 heteroatoms. The highest BCUT2D eigenvalue weighted by molar-refractivity contribution is 4.98. The van der Waals surface area contributed by atoms with E-state index in [1.165, 1.54) is 10.9 Å². The van der Waals surface area contributed by atoms with Crippen LogP contribution in [0.5, 0.6) is 0 Å². The number of hydrogen-bond acceptors (Lipinski definition) is 3. The molecule has 0 aliphatic carbocycles. The van der Waals surface area contributed by atoms with Gasteiger partial charge in [-0.05, 0) is 5.57 Å². The van der Waals surface area contributed by atoms with E-state index in [0.29, 0.717) is 11.9 Å². The number of aryl methyl sites for hydroxylation is 1. The van der Waals surface area contributed by atoms with Crippen molar-refractivity contribution in [2.45, 2.75) is 20.4 Å². The van der Waals surface area contributed by atoms with E-state index in [-0.39, 0.29) is 18.8 Å². The summed E-state index contributed by atoms with van der Waals surface area (Å²) in [5, 5.41) is 3.76. The normalized spacial score (nSPS) is 10.9. The lowest BCUT2D eigenvalue weighted by Gasteiger charge is -2.00. The van der Waals surface area contributed by atoms with E-state index in [0.717, 1.165) is 4.68 Å². The van der Waals surface area contributed by atoms with Gasteiger partial charge in [-0.15, -0.1) is 0 Å². The van der Waals surface area contributed by atoms with Gasteiger partial charge in [0.25, 0.3) is 0 Å². The van der Waals surface area contributed by atoms with Crippen LogP contribution in [0.1, 0.15) is 13.8 Å². The Bertz CT molecular complexity index is 366. The number of aromatic nitrogens is 3. The standard InChI is InChI=1S/C7H11FN4O.C2H6/c1-11-5-10-12(7(11)13)4-6(2-8)3-9;1-2/h2,5H,3-4,9H2,1H3;1-2H3. The van der Waals surface area contributed by atoms with Crippen LogP contribution < -0.4 is 11.4 Å². The third-order valence-electron chi connectivity index (χ3n) is 1.66. The zero-order chi connectivity index (χ0) is 11.8. The van der Waals surface area contributed by atoms with Crippen LogP contribution in [-0.2, 0) is 13.6 Å². The van der Waals surface area contributed by atoms with Gasteiger partial charge in [0.2, 0.25) is 0 Å². The minimum Gasteiger partial charge on any atom is -0.327 e. The van der Waals surface area contributed by atoms with E-state index >= 15 is 0 Å². The highest BCUT2D eigenvalue weighted by Crippen LogP contribution is 1.94. The molecule has 0 saturated heterocycles. The predicted molar refractivity (Wildman–Crippen MR) is 57.1 cm³/mol. The lowest BCUT2D eigenvalue weighted by molar-refractivity contribution is 0.609. The van der Waals surface area contributed by atoms with Gasteiger partial charge in [0.15, 0.2) is 0 Å². The molecule has 1 aromatic heterocycles. The van der Waals surface area contributed by atoms with E-state index in [4.69, 9.17) is 5.73 Å². The van der Waals surface area contributed by atoms with Crippen molar-refractivity contribution in [2.75, 3.05) is 6.54 Å². The second-order valence-corrected chi connectivity index (χ2v) is 2.65. The minimum atomic E-state index is -0.284. The lowest BCUT2D eigenvalue weighted by Crippen LogP contribution is -2.25. The third kappa shape index (κ3) is 3.67. The van der Waals surface area contributed by atoms with Gasteiger partial charge in [-0.3, -0.25) is 4.57 Å². The molecule has 0 unspecified atom stereocenters. The molecule has 5 nitrogen and oxygen atoms in total. The first-order chi connectivity index (χ1) is 7.19. The molecule has 1 rings (SSSR count). The van der Waals surface area contributed by atoms with Crippen LogP contribution in [0.4, 0.5) is 4.39 Å². The maximum absolute atomic E-state index is 12.1. The molecule has 15 heavy (non-hydrogen) atoms. The van der Waals surface area contributed by atoms with Crippen LogP contribution in [0.3, 0.4) is 0 Å². The SMILES string of the molecule is CC.Cn1cnn(CC(=CF)CN)c1=O. The van der Waals surface area contributed by atoms with Crippen molar-refractivity contribution in [3.8, 4) is 0 Å². The molecule has 86 valence electrons. The topological polar surface area (TPSA) is 65.8 Å². The second kappa shape index (κ2) is 6.94. The van der Waals surface area contributed by atoms with Crippen molar-refractivity contribution in [2.24, 2.45) is 12.8 Å². The Morgan fingerprint density at radius 1 is 1.67 bits per heavy atom. The average Bonchev–Trinajstić information content (AvgIpc) is 2.60. The monoisotopic (exact) mass is 216 g/mol. The molecule has 0 bridgehead atoms.